The number of rotatable bonds is 4. The van der Waals surface area contributed by atoms with E-state index in [0.717, 1.165) is 0 Å². The van der Waals surface area contributed by atoms with Crippen molar-refractivity contribution in [1.29, 1.82) is 0 Å². The highest BCUT2D eigenvalue weighted by Gasteiger charge is 2.14. The zero-order valence-corrected chi connectivity index (χ0v) is 7.99. The van der Waals surface area contributed by atoms with Gasteiger partial charge in [0.1, 0.15) is 0 Å². The number of carbonyl (C=O) groups is 2. The second-order valence-electron chi connectivity index (χ2n) is 2.66. The number of nitrogens with one attached hydrogen (secondary N) is 2. The number of hydrogen-bond acceptors (Lipinski definition) is 6. The number of aliphatic hydroxyl groups is 1. The molecule has 0 aromatic carbocycles. The molecule has 2 amide bonds. The minimum atomic E-state index is -1.65. The molecule has 0 fully saturated rings. The number of carboxylic acid groups (broad SMARTS) is 1. The van der Waals surface area contributed by atoms with Gasteiger partial charge >= 0.3 is 12.0 Å². The molecule has 9 heteroatoms. The maximum Gasteiger partial charge on any atom is 0.334 e. The van der Waals surface area contributed by atoms with Gasteiger partial charge in [0.15, 0.2) is 6.10 Å². The number of anilines is 1. The zero-order valence-electron chi connectivity index (χ0n) is 7.99. The fourth-order valence-corrected chi connectivity index (χ4v) is 0.727. The normalized spacial score (nSPS) is 11.6. The third-order valence-corrected chi connectivity index (χ3v) is 1.45. The van der Waals surface area contributed by atoms with Crippen LogP contribution in [0.2, 0.25) is 0 Å². The van der Waals surface area contributed by atoms with Crippen molar-refractivity contribution < 1.29 is 19.8 Å². The quantitative estimate of drug-likeness (QED) is 0.488. The summed E-state index contributed by atoms with van der Waals surface area (Å²) in [6.45, 7) is -0.415. The van der Waals surface area contributed by atoms with Crippen LogP contribution >= 0.6 is 0 Å². The van der Waals surface area contributed by atoms with E-state index in [1.165, 1.54) is 12.4 Å². The number of aliphatic carboxylic acids is 1. The van der Waals surface area contributed by atoms with Gasteiger partial charge in [-0.3, -0.25) is 5.32 Å². The molecule has 86 valence electrons. The summed E-state index contributed by atoms with van der Waals surface area (Å²) in [6, 6.07) is -0.728. The van der Waals surface area contributed by atoms with Crippen LogP contribution in [0.25, 0.3) is 0 Å². The van der Waals surface area contributed by atoms with E-state index in [1.807, 2.05) is 0 Å². The average Bonchev–Trinajstić information content (AvgIpc) is 2.27. The predicted molar refractivity (Wildman–Crippen MR) is 50.5 cm³/mol. The summed E-state index contributed by atoms with van der Waals surface area (Å²) >= 11 is 0. The molecule has 1 rings (SSSR count). The second-order valence-corrected chi connectivity index (χ2v) is 2.66. The summed E-state index contributed by atoms with van der Waals surface area (Å²) in [4.78, 5) is 25.0. The maximum atomic E-state index is 11.1. The van der Waals surface area contributed by atoms with Gasteiger partial charge < -0.3 is 15.5 Å². The predicted octanol–water partition coefficient (Wildman–Crippen LogP) is -1.56. The summed E-state index contributed by atoms with van der Waals surface area (Å²) in [5, 5.41) is 28.4. The molecular weight excluding hydrogens is 218 g/mol. The lowest BCUT2D eigenvalue weighted by atomic mass is 10.4. The number of carbonyl (C=O) groups excluding carboxylic acids is 1. The van der Waals surface area contributed by atoms with E-state index in [4.69, 9.17) is 10.2 Å². The molecule has 0 aliphatic carbocycles. The lowest BCUT2D eigenvalue weighted by Gasteiger charge is -2.07. The number of urea groups is 1. The lowest BCUT2D eigenvalue weighted by Crippen LogP contribution is -2.39. The number of aromatic nitrogens is 3. The van der Waals surface area contributed by atoms with Crippen molar-refractivity contribution in [1.82, 2.24) is 20.5 Å². The molecule has 9 nitrogen and oxygen atoms in total. The molecule has 0 spiro atoms. The van der Waals surface area contributed by atoms with E-state index in [1.54, 1.807) is 0 Å². The monoisotopic (exact) mass is 227 g/mol. The maximum absolute atomic E-state index is 11.1. The van der Waals surface area contributed by atoms with Crippen LogP contribution in [0.4, 0.5) is 10.7 Å². The van der Waals surface area contributed by atoms with Crippen LogP contribution in [0.15, 0.2) is 12.4 Å². The molecule has 1 atom stereocenters. The smallest absolute Gasteiger partial charge is 0.334 e. The van der Waals surface area contributed by atoms with Crippen molar-refractivity contribution in [3.8, 4) is 0 Å². The van der Waals surface area contributed by atoms with Crippen LogP contribution in [0, 0.1) is 0 Å². The molecule has 0 radical (unpaired) electrons. The summed E-state index contributed by atoms with van der Waals surface area (Å²) < 4.78 is 0. The first-order valence-corrected chi connectivity index (χ1v) is 4.19. The number of carboxylic acids is 1. The SMILES string of the molecule is O=C(NC[C@H](O)C(=O)O)Nc1nccnn1. The highest BCUT2D eigenvalue weighted by molar-refractivity contribution is 5.87. The number of nitrogens with zero attached hydrogens (tertiary/aromatic N) is 3. The number of amides is 2. The van der Waals surface area contributed by atoms with Crippen LogP contribution < -0.4 is 10.6 Å². The van der Waals surface area contributed by atoms with Crippen molar-refractivity contribution in [3.63, 3.8) is 0 Å². The van der Waals surface area contributed by atoms with Gasteiger partial charge in [0.05, 0.1) is 18.9 Å². The van der Waals surface area contributed by atoms with Crippen molar-refractivity contribution in [2.24, 2.45) is 0 Å². The molecule has 4 N–H and O–H groups in total. The van der Waals surface area contributed by atoms with E-state index >= 15 is 0 Å². The Morgan fingerprint density at radius 2 is 2.19 bits per heavy atom. The molecule has 0 aliphatic rings. The largest absolute Gasteiger partial charge is 0.479 e. The Kier molecular flexibility index (Phi) is 4.09. The minimum Gasteiger partial charge on any atom is -0.479 e. The van der Waals surface area contributed by atoms with Crippen LogP contribution in [-0.4, -0.2) is 50.0 Å². The Hall–Kier alpha value is -2.29. The van der Waals surface area contributed by atoms with Gasteiger partial charge in [-0.05, 0) is 0 Å². The highest BCUT2D eigenvalue weighted by atomic mass is 16.4. The molecule has 0 aliphatic heterocycles. The van der Waals surface area contributed by atoms with Crippen LogP contribution in [0.3, 0.4) is 0 Å². The molecule has 0 saturated heterocycles. The first-order valence-electron chi connectivity index (χ1n) is 4.19. The molecule has 0 saturated carbocycles. The zero-order chi connectivity index (χ0) is 12.0. The standard InChI is InChI=1S/C7H9N5O4/c13-4(5(14)15)3-9-7(16)11-6-8-1-2-10-12-6/h1-2,4,13H,3H2,(H,14,15)(H2,8,9,11,12,16)/t4-/m0/s1. The van der Waals surface area contributed by atoms with Crippen LogP contribution in [0.5, 0.6) is 0 Å². The van der Waals surface area contributed by atoms with Crippen LogP contribution in [-0.2, 0) is 4.79 Å². The van der Waals surface area contributed by atoms with Gasteiger partial charge in [-0.15, -0.1) is 5.10 Å². The fraction of sp³-hybridized carbons (Fsp3) is 0.286. The third-order valence-electron chi connectivity index (χ3n) is 1.45. The molecule has 0 unspecified atom stereocenters. The second kappa shape index (κ2) is 5.56. The molecule has 1 aromatic heterocycles. The Morgan fingerprint density at radius 1 is 1.44 bits per heavy atom. The van der Waals surface area contributed by atoms with Crippen molar-refractivity contribution >= 4 is 17.9 Å². The lowest BCUT2D eigenvalue weighted by molar-refractivity contribution is -0.146. The summed E-state index contributed by atoms with van der Waals surface area (Å²) in [6.07, 6.45) is 1.01. The fourth-order valence-electron chi connectivity index (χ4n) is 0.727. The number of aliphatic hydroxyl groups excluding tert-OH is 1. The minimum absolute atomic E-state index is 0.0233. The summed E-state index contributed by atoms with van der Waals surface area (Å²) in [5.74, 6) is -1.44. The highest BCUT2D eigenvalue weighted by Crippen LogP contribution is 1.90. The van der Waals surface area contributed by atoms with Gasteiger partial charge in [0.2, 0.25) is 0 Å². The van der Waals surface area contributed by atoms with Gasteiger partial charge in [0.25, 0.3) is 5.95 Å². The van der Waals surface area contributed by atoms with Crippen LogP contribution in [0.1, 0.15) is 0 Å². The molecule has 1 heterocycles. The molecule has 0 bridgehead atoms. The first kappa shape index (κ1) is 11.8. The molecular formula is C7H9N5O4. The molecule has 1 aromatic rings. The van der Waals surface area contributed by atoms with E-state index in [0.29, 0.717) is 0 Å². The topological polar surface area (TPSA) is 137 Å². The van der Waals surface area contributed by atoms with Gasteiger partial charge in [-0.2, -0.15) is 5.10 Å². The Balaban J connectivity index is 2.35. The first-order chi connectivity index (χ1) is 7.59. The van der Waals surface area contributed by atoms with Crippen molar-refractivity contribution in [2.45, 2.75) is 6.10 Å². The van der Waals surface area contributed by atoms with Gasteiger partial charge in [-0.25, -0.2) is 14.6 Å². The summed E-state index contributed by atoms with van der Waals surface area (Å²) in [7, 11) is 0. The summed E-state index contributed by atoms with van der Waals surface area (Å²) in [5.41, 5.74) is 0. The van der Waals surface area contributed by atoms with E-state index < -0.39 is 24.6 Å². The van der Waals surface area contributed by atoms with E-state index in [2.05, 4.69) is 25.8 Å². The Bertz CT molecular complexity index is 370. The Morgan fingerprint density at radius 3 is 2.75 bits per heavy atom. The van der Waals surface area contributed by atoms with Crippen molar-refractivity contribution in [2.75, 3.05) is 11.9 Å². The van der Waals surface area contributed by atoms with Gasteiger partial charge in [-0.1, -0.05) is 0 Å². The average molecular weight is 227 g/mol. The molecule has 16 heavy (non-hydrogen) atoms. The Labute approximate surface area is 89.5 Å². The third kappa shape index (κ3) is 3.84. The van der Waals surface area contributed by atoms with Gasteiger partial charge in [0, 0.05) is 0 Å². The number of hydrogen-bond donors (Lipinski definition) is 4. The van der Waals surface area contributed by atoms with E-state index in [-0.39, 0.29) is 5.95 Å². The van der Waals surface area contributed by atoms with E-state index in [9.17, 15) is 9.59 Å². The van der Waals surface area contributed by atoms with Crippen molar-refractivity contribution in [3.05, 3.63) is 12.4 Å².